The maximum Gasteiger partial charge on any atom is 0.389 e. The summed E-state index contributed by atoms with van der Waals surface area (Å²) in [5.41, 5.74) is 1.90. The minimum atomic E-state index is -1.18. The second-order valence-electron chi connectivity index (χ2n) is 5.79. The van der Waals surface area contributed by atoms with Crippen molar-refractivity contribution in [3.63, 3.8) is 0 Å². The van der Waals surface area contributed by atoms with Crippen molar-refractivity contribution in [3.05, 3.63) is 58.6 Å². The van der Waals surface area contributed by atoms with E-state index in [-0.39, 0.29) is 5.41 Å². The van der Waals surface area contributed by atoms with Gasteiger partial charge in [0.2, 0.25) is 0 Å². The summed E-state index contributed by atoms with van der Waals surface area (Å²) in [7, 11) is 1.30. The van der Waals surface area contributed by atoms with E-state index in [1.807, 2.05) is 36.4 Å². The Balaban J connectivity index is 1.94. The SMILES string of the molecule is COC(=O)C1Oc2ccccc2C2(CC2)c2cccc(Cl)c2O1. The predicted molar refractivity (Wildman–Crippen MR) is 85.0 cm³/mol. The summed E-state index contributed by atoms with van der Waals surface area (Å²) in [4.78, 5) is 12.0. The van der Waals surface area contributed by atoms with Crippen LogP contribution in [-0.2, 0) is 14.9 Å². The summed E-state index contributed by atoms with van der Waals surface area (Å²) >= 11 is 6.33. The van der Waals surface area contributed by atoms with Crippen LogP contribution in [0.4, 0.5) is 0 Å². The second kappa shape index (κ2) is 5.17. The van der Waals surface area contributed by atoms with Crippen LogP contribution in [0.15, 0.2) is 42.5 Å². The molecule has 5 heteroatoms. The zero-order chi connectivity index (χ0) is 16.0. The molecule has 0 saturated heterocycles. The van der Waals surface area contributed by atoms with Crippen molar-refractivity contribution in [1.82, 2.24) is 0 Å². The summed E-state index contributed by atoms with van der Waals surface area (Å²) in [5, 5.41) is 0.464. The van der Waals surface area contributed by atoms with Gasteiger partial charge >= 0.3 is 12.3 Å². The van der Waals surface area contributed by atoms with Gasteiger partial charge in [0, 0.05) is 16.5 Å². The number of esters is 1. The Hall–Kier alpha value is -2.20. The first-order valence-corrected chi connectivity index (χ1v) is 7.83. The fourth-order valence-electron chi connectivity index (χ4n) is 3.22. The van der Waals surface area contributed by atoms with E-state index in [4.69, 9.17) is 25.8 Å². The van der Waals surface area contributed by atoms with Crippen molar-refractivity contribution in [3.8, 4) is 11.5 Å². The molecule has 1 aliphatic carbocycles. The molecule has 23 heavy (non-hydrogen) atoms. The molecule has 0 bridgehead atoms. The number of carbonyl (C=O) groups excluding carboxylic acids is 1. The van der Waals surface area contributed by atoms with Crippen LogP contribution in [0.5, 0.6) is 11.5 Å². The van der Waals surface area contributed by atoms with Crippen LogP contribution in [0.1, 0.15) is 24.0 Å². The molecule has 0 amide bonds. The highest BCUT2D eigenvalue weighted by Crippen LogP contribution is 2.59. The molecule has 1 fully saturated rings. The van der Waals surface area contributed by atoms with E-state index >= 15 is 0 Å². The molecule has 2 aromatic carbocycles. The van der Waals surface area contributed by atoms with Gasteiger partial charge in [-0.25, -0.2) is 4.79 Å². The fourth-order valence-corrected chi connectivity index (χ4v) is 3.44. The molecule has 1 spiro atoms. The van der Waals surface area contributed by atoms with E-state index in [2.05, 4.69) is 0 Å². The monoisotopic (exact) mass is 330 g/mol. The standard InChI is InChI=1S/C18H15ClO4/c1-21-16(20)17-22-14-8-3-2-5-11(14)18(9-10-18)12-6-4-7-13(19)15(12)23-17/h2-8,17H,9-10H2,1H3. The van der Waals surface area contributed by atoms with Gasteiger partial charge in [-0.3, -0.25) is 0 Å². The molecule has 1 heterocycles. The molecule has 2 aromatic rings. The highest BCUT2D eigenvalue weighted by atomic mass is 35.5. The van der Waals surface area contributed by atoms with Crippen molar-refractivity contribution >= 4 is 17.6 Å². The van der Waals surface area contributed by atoms with Gasteiger partial charge in [-0.1, -0.05) is 41.9 Å². The van der Waals surface area contributed by atoms with Gasteiger partial charge in [-0.2, -0.15) is 0 Å². The summed E-state index contributed by atoms with van der Waals surface area (Å²) in [6, 6.07) is 13.4. The van der Waals surface area contributed by atoms with Crippen molar-refractivity contribution in [2.24, 2.45) is 0 Å². The molecule has 0 N–H and O–H groups in total. The van der Waals surface area contributed by atoms with Crippen LogP contribution < -0.4 is 9.47 Å². The lowest BCUT2D eigenvalue weighted by molar-refractivity contribution is -0.162. The molecular weight excluding hydrogens is 316 g/mol. The van der Waals surface area contributed by atoms with Crippen molar-refractivity contribution in [1.29, 1.82) is 0 Å². The Morgan fingerprint density at radius 3 is 2.61 bits per heavy atom. The van der Waals surface area contributed by atoms with E-state index in [0.29, 0.717) is 16.5 Å². The number of ether oxygens (including phenoxy) is 3. The van der Waals surface area contributed by atoms with Crippen LogP contribution in [-0.4, -0.2) is 19.4 Å². The third-order valence-electron chi connectivity index (χ3n) is 4.49. The lowest BCUT2D eigenvalue weighted by atomic mass is 9.86. The van der Waals surface area contributed by atoms with Crippen molar-refractivity contribution in [2.75, 3.05) is 7.11 Å². The van der Waals surface area contributed by atoms with E-state index in [1.165, 1.54) is 7.11 Å². The van der Waals surface area contributed by atoms with Crippen LogP contribution in [0, 0.1) is 0 Å². The Morgan fingerprint density at radius 1 is 1.13 bits per heavy atom. The van der Waals surface area contributed by atoms with Crippen LogP contribution in [0.3, 0.4) is 0 Å². The number of benzene rings is 2. The molecule has 0 aromatic heterocycles. The molecule has 4 rings (SSSR count). The molecular formula is C18H15ClO4. The van der Waals surface area contributed by atoms with Gasteiger partial charge in [-0.15, -0.1) is 0 Å². The molecule has 1 aliphatic heterocycles. The Bertz CT molecular complexity index is 782. The van der Waals surface area contributed by atoms with Crippen LogP contribution >= 0.6 is 11.6 Å². The third kappa shape index (κ3) is 2.17. The summed E-state index contributed by atoms with van der Waals surface area (Å²) in [5.74, 6) is 0.542. The lowest BCUT2D eigenvalue weighted by Gasteiger charge is -2.29. The molecule has 2 aliphatic rings. The number of para-hydroxylation sites is 2. The number of halogens is 1. The maximum atomic E-state index is 12.0. The van der Waals surface area contributed by atoms with Gasteiger partial charge in [-0.05, 0) is 25.0 Å². The minimum Gasteiger partial charge on any atom is -0.463 e. The Morgan fingerprint density at radius 2 is 1.87 bits per heavy atom. The first kappa shape index (κ1) is 14.4. The Kier molecular flexibility index (Phi) is 3.23. The second-order valence-corrected chi connectivity index (χ2v) is 6.19. The summed E-state index contributed by atoms with van der Waals surface area (Å²) < 4.78 is 16.4. The predicted octanol–water partition coefficient (Wildman–Crippen LogP) is 3.69. The molecule has 1 saturated carbocycles. The number of hydrogen-bond acceptors (Lipinski definition) is 4. The third-order valence-corrected chi connectivity index (χ3v) is 4.79. The summed E-state index contributed by atoms with van der Waals surface area (Å²) in [6.07, 6.45) is 0.802. The number of carbonyl (C=O) groups is 1. The summed E-state index contributed by atoms with van der Waals surface area (Å²) in [6.45, 7) is 0. The quantitative estimate of drug-likeness (QED) is 0.748. The first-order valence-electron chi connectivity index (χ1n) is 7.45. The fraction of sp³-hybridized carbons (Fsp3) is 0.278. The number of methoxy groups -OCH3 is 1. The average molecular weight is 331 g/mol. The lowest BCUT2D eigenvalue weighted by Crippen LogP contribution is -2.37. The van der Waals surface area contributed by atoms with Crippen molar-refractivity contribution < 1.29 is 19.0 Å². The highest BCUT2D eigenvalue weighted by Gasteiger charge is 2.51. The largest absolute Gasteiger partial charge is 0.463 e. The zero-order valence-corrected chi connectivity index (χ0v) is 13.3. The number of hydrogen-bond donors (Lipinski definition) is 0. The van der Waals surface area contributed by atoms with Gasteiger partial charge in [0.05, 0.1) is 12.1 Å². The maximum absolute atomic E-state index is 12.0. The zero-order valence-electron chi connectivity index (χ0n) is 12.5. The van der Waals surface area contributed by atoms with E-state index in [9.17, 15) is 4.79 Å². The number of fused-ring (bicyclic) bond motifs is 4. The number of rotatable bonds is 1. The first-order chi connectivity index (χ1) is 11.2. The van der Waals surface area contributed by atoms with Gasteiger partial charge in [0.1, 0.15) is 11.5 Å². The molecule has 1 unspecified atom stereocenters. The van der Waals surface area contributed by atoms with Crippen LogP contribution in [0.25, 0.3) is 0 Å². The molecule has 0 radical (unpaired) electrons. The van der Waals surface area contributed by atoms with E-state index < -0.39 is 12.3 Å². The van der Waals surface area contributed by atoms with Crippen molar-refractivity contribution in [2.45, 2.75) is 24.5 Å². The van der Waals surface area contributed by atoms with Gasteiger partial charge in [0.25, 0.3) is 0 Å². The van der Waals surface area contributed by atoms with E-state index in [1.54, 1.807) is 6.07 Å². The average Bonchev–Trinajstić information content (AvgIpc) is 3.36. The molecule has 4 nitrogen and oxygen atoms in total. The Labute approximate surface area is 138 Å². The topological polar surface area (TPSA) is 44.8 Å². The van der Waals surface area contributed by atoms with Crippen LogP contribution in [0.2, 0.25) is 5.02 Å². The smallest absolute Gasteiger partial charge is 0.389 e. The molecule has 1 atom stereocenters. The normalized spacial score (nSPS) is 20.2. The molecule has 118 valence electrons. The minimum absolute atomic E-state index is 0.155. The van der Waals surface area contributed by atoms with Gasteiger partial charge in [0.15, 0.2) is 0 Å². The van der Waals surface area contributed by atoms with E-state index in [0.717, 1.165) is 24.0 Å². The van der Waals surface area contributed by atoms with Gasteiger partial charge < -0.3 is 14.2 Å². The highest BCUT2D eigenvalue weighted by molar-refractivity contribution is 6.32.